The van der Waals surface area contributed by atoms with Gasteiger partial charge >= 0.3 is 35.9 Å². The first kappa shape index (κ1) is 56.1. The molecule has 3 fully saturated rings. The van der Waals surface area contributed by atoms with Gasteiger partial charge in [-0.05, 0) is 29.2 Å². The molecule has 3 N–H and O–H groups in total. The summed E-state index contributed by atoms with van der Waals surface area (Å²) in [5.41, 5.74) is 10.8. The molecule has 0 bridgehead atoms. The van der Waals surface area contributed by atoms with E-state index < -0.39 is 163 Å². The molecule has 20 nitrogen and oxygen atoms in total. The number of esters is 5. The number of hydrogen-bond donors (Lipinski definition) is 2. The van der Waals surface area contributed by atoms with Gasteiger partial charge in [0.1, 0.15) is 37.6 Å². The van der Waals surface area contributed by atoms with Crippen molar-refractivity contribution in [3.63, 3.8) is 0 Å². The molecular weight excluding hydrogens is 1040 g/mol. The average Bonchev–Trinajstić information content (AvgIpc) is 3.81. The molecule has 77 heavy (non-hydrogen) atoms. The maximum Gasteiger partial charge on any atom is 0.407 e. The van der Waals surface area contributed by atoms with E-state index in [1.54, 1.807) is 42.5 Å². The molecule has 1 aliphatic carbocycles. The molecule has 8 rings (SSSR count). The molecule has 13 atom stereocenters. The third-order valence-electron chi connectivity index (χ3n) is 12.8. The van der Waals surface area contributed by atoms with Crippen molar-refractivity contribution in [2.75, 3.05) is 19.8 Å². The summed E-state index contributed by atoms with van der Waals surface area (Å²) in [6.45, 7) is 4.00. The van der Waals surface area contributed by atoms with E-state index >= 15 is 8.78 Å². The van der Waals surface area contributed by atoms with E-state index in [1.165, 1.54) is 0 Å². The van der Waals surface area contributed by atoms with Crippen LogP contribution in [-0.2, 0) is 76.1 Å². The maximum atomic E-state index is 15.0. The Morgan fingerprint density at radius 2 is 1.19 bits per heavy atom. The van der Waals surface area contributed by atoms with Gasteiger partial charge in [0.25, 0.3) is 0 Å². The highest BCUT2D eigenvalue weighted by Gasteiger charge is 2.57. The first-order valence-corrected chi connectivity index (χ1v) is 23.9. The number of alkyl carbamates (subject to hydrolysis) is 1. The summed E-state index contributed by atoms with van der Waals surface area (Å²) in [6, 6.07) is 19.3. The number of amides is 1. The van der Waals surface area contributed by atoms with E-state index in [2.05, 4.69) is 5.32 Å². The number of carbonyl (C=O) groups is 6. The van der Waals surface area contributed by atoms with Crippen LogP contribution in [0, 0.1) is 29.1 Å². The van der Waals surface area contributed by atoms with Crippen LogP contribution in [0.2, 0.25) is 0 Å². The topological polar surface area (TPSA) is 251 Å². The fourth-order valence-electron chi connectivity index (χ4n) is 9.38. The number of halogens is 5. The molecule has 0 spiro atoms. The number of hydrogen-bond acceptors (Lipinski definition) is 19. The Labute approximate surface area is 435 Å². The van der Waals surface area contributed by atoms with Gasteiger partial charge in [-0.1, -0.05) is 78.9 Å². The van der Waals surface area contributed by atoms with E-state index in [1.807, 2.05) is 36.4 Å². The molecule has 1 amide bonds. The van der Waals surface area contributed by atoms with Gasteiger partial charge in [-0.3, -0.25) is 19.2 Å². The summed E-state index contributed by atoms with van der Waals surface area (Å²) in [5.74, 6) is -20.4. The maximum absolute atomic E-state index is 15.0. The molecule has 3 aliphatic heterocycles. The lowest BCUT2D eigenvalue weighted by molar-refractivity contribution is -0.379. The second-order valence-corrected chi connectivity index (χ2v) is 18.1. The Balaban J connectivity index is 1.11. The van der Waals surface area contributed by atoms with Gasteiger partial charge in [-0.2, -0.15) is 8.78 Å². The van der Waals surface area contributed by atoms with Crippen molar-refractivity contribution < 1.29 is 108 Å². The average molecular weight is 1090 g/mol. The fourth-order valence-corrected chi connectivity index (χ4v) is 9.38. The van der Waals surface area contributed by atoms with Crippen LogP contribution in [0.15, 0.2) is 78.9 Å². The lowest BCUT2D eigenvalue weighted by atomic mass is 9.94. The molecule has 3 heterocycles. The number of rotatable bonds is 16. The van der Waals surface area contributed by atoms with E-state index in [4.69, 9.17) is 62.6 Å². The Morgan fingerprint density at radius 3 is 1.79 bits per heavy atom. The highest BCUT2D eigenvalue weighted by atomic mass is 19.2. The second kappa shape index (κ2) is 24.0. The molecule has 4 aromatic carbocycles. The molecule has 3 saturated heterocycles. The Hall–Kier alpha value is -7.13. The predicted molar refractivity (Wildman–Crippen MR) is 248 cm³/mol. The van der Waals surface area contributed by atoms with E-state index in [0.29, 0.717) is 5.56 Å². The van der Waals surface area contributed by atoms with Crippen LogP contribution >= 0.6 is 0 Å². The summed E-state index contributed by atoms with van der Waals surface area (Å²) in [7, 11) is 0. The molecule has 0 saturated carbocycles. The molecule has 25 heteroatoms. The third-order valence-corrected chi connectivity index (χ3v) is 12.8. The first-order chi connectivity index (χ1) is 36.7. The molecule has 0 aromatic heterocycles. The first-order valence-electron chi connectivity index (χ1n) is 23.9. The molecule has 4 aromatic rings. The summed E-state index contributed by atoms with van der Waals surface area (Å²) in [5, 5.41) is 2.21. The van der Waals surface area contributed by atoms with Crippen LogP contribution in [0.4, 0.5) is 26.7 Å². The molecular formula is C52H51F5N2O18. The molecule has 4 aliphatic rings. The van der Waals surface area contributed by atoms with Crippen LogP contribution in [-0.4, -0.2) is 129 Å². The van der Waals surface area contributed by atoms with Crippen molar-refractivity contribution in [2.24, 2.45) is 5.73 Å². The van der Waals surface area contributed by atoms with Crippen LogP contribution < -0.4 is 15.8 Å². The largest absolute Gasteiger partial charge is 0.463 e. The van der Waals surface area contributed by atoms with Gasteiger partial charge in [0.05, 0.1) is 18.8 Å². The predicted octanol–water partition coefficient (Wildman–Crippen LogP) is 5.23. The highest BCUT2D eigenvalue weighted by Crippen LogP contribution is 2.45. The van der Waals surface area contributed by atoms with Crippen molar-refractivity contribution in [3.05, 3.63) is 125 Å². The van der Waals surface area contributed by atoms with Crippen LogP contribution in [0.5, 0.6) is 5.75 Å². The standard InChI is InChI=1S/C52H51F5N2O18/c1-22(41(48(64)75-44-38(56)36(54)35(53)37(55)39(44)57)59-52(65)68-19-32-30-17-11-9-15-28(30)29-16-10-12-18-31(29)32)69-50-40(58)45(42-34(73-50)21-67-49(76-42)27-13-7-6-8-14-27)77-51-47(72-26(5)63)46(71-25(4)62)43(70-24(3)61)33(74-51)20-66-23(2)60/h6-18,22,32-34,40-43,45-47,49-51H,19-21,58H2,1-5H3,(H,59,65)/t22-,33-,34-,40-,41+,42+,43+,45-,46+,47-,49+,50+,51+/m1/s1. The zero-order valence-electron chi connectivity index (χ0n) is 41.5. The highest BCUT2D eigenvalue weighted by molar-refractivity contribution is 5.84. The van der Waals surface area contributed by atoms with E-state index in [9.17, 15) is 41.9 Å². The van der Waals surface area contributed by atoms with E-state index in [0.717, 1.165) is 56.9 Å². The minimum Gasteiger partial charge on any atom is -0.463 e. The normalized spacial score (nSPS) is 26.4. The number of benzene rings is 4. The molecule has 0 unspecified atom stereocenters. The van der Waals surface area contributed by atoms with Gasteiger partial charge < -0.3 is 67.9 Å². The summed E-state index contributed by atoms with van der Waals surface area (Å²) in [6.07, 6.45) is -18.5. The minimum absolute atomic E-state index is 0.298. The molecule has 0 radical (unpaired) electrons. The number of nitrogens with two attached hydrogens (primary N) is 1. The van der Waals surface area contributed by atoms with Gasteiger partial charge in [0, 0.05) is 39.2 Å². The van der Waals surface area contributed by atoms with Crippen molar-refractivity contribution >= 4 is 35.9 Å². The summed E-state index contributed by atoms with van der Waals surface area (Å²) in [4.78, 5) is 77.7. The number of fused-ring (bicyclic) bond motifs is 4. The summed E-state index contributed by atoms with van der Waals surface area (Å²) < 4.78 is 143. The van der Waals surface area contributed by atoms with E-state index in [-0.39, 0.29) is 13.2 Å². The Kier molecular flexibility index (Phi) is 17.5. The molecule has 412 valence electrons. The van der Waals surface area contributed by atoms with Gasteiger partial charge in [0.2, 0.25) is 34.8 Å². The van der Waals surface area contributed by atoms with Gasteiger partial charge in [0.15, 0.2) is 43.2 Å². The number of ether oxygens (including phenoxy) is 12. The summed E-state index contributed by atoms with van der Waals surface area (Å²) >= 11 is 0. The second-order valence-electron chi connectivity index (χ2n) is 18.1. The van der Waals surface area contributed by atoms with Crippen LogP contribution in [0.3, 0.4) is 0 Å². The van der Waals surface area contributed by atoms with Crippen LogP contribution in [0.25, 0.3) is 11.1 Å². The smallest absolute Gasteiger partial charge is 0.407 e. The van der Waals surface area contributed by atoms with Crippen molar-refractivity contribution in [2.45, 2.75) is 120 Å². The van der Waals surface area contributed by atoms with Crippen molar-refractivity contribution in [3.8, 4) is 16.9 Å². The Morgan fingerprint density at radius 1 is 0.636 bits per heavy atom. The number of nitrogens with one attached hydrogen (secondary N) is 1. The number of carbonyl (C=O) groups excluding carboxylic acids is 6. The lowest BCUT2D eigenvalue weighted by Crippen LogP contribution is -2.69. The lowest BCUT2D eigenvalue weighted by Gasteiger charge is -2.51. The minimum atomic E-state index is -2.54. The monoisotopic (exact) mass is 1090 g/mol. The zero-order chi connectivity index (χ0) is 55.4. The Bertz CT molecular complexity index is 2790. The van der Waals surface area contributed by atoms with Crippen molar-refractivity contribution in [1.29, 1.82) is 0 Å². The fraction of sp³-hybridized carbons (Fsp3) is 0.423. The third kappa shape index (κ3) is 12.4. The zero-order valence-corrected chi connectivity index (χ0v) is 41.5. The quantitative estimate of drug-likeness (QED) is 0.0364. The van der Waals surface area contributed by atoms with Gasteiger partial charge in [-0.15, -0.1) is 0 Å². The van der Waals surface area contributed by atoms with Crippen LogP contribution in [0.1, 0.15) is 63.5 Å². The van der Waals surface area contributed by atoms with Crippen molar-refractivity contribution in [1.82, 2.24) is 5.32 Å². The van der Waals surface area contributed by atoms with Gasteiger partial charge in [-0.25, -0.2) is 22.8 Å². The SMILES string of the molecule is CC(=O)OC[C@H]1O[C@@H](O[C@@H]2[C@@H](N)[C@@H](O[C@H](C)[C@H](NC(=O)OCC3c4ccccc4-c4ccccc43)C(=O)Oc3c(F)c(F)c(F)c(F)c3F)O[C@@H]3CO[C@H](c4ccccc4)O[C@H]23)[C@H](OC(C)=O)[C@@H](OC(C)=O)[C@H]1OC(C)=O.